The monoisotopic (exact) mass is 312 g/mol. The molecule has 0 aromatic carbocycles. The smallest absolute Gasteiger partial charge is 0.286 e. The van der Waals surface area contributed by atoms with Crippen LogP contribution in [0.3, 0.4) is 0 Å². The third kappa shape index (κ3) is 492. The van der Waals surface area contributed by atoms with Crippen LogP contribution in [0.15, 0.2) is 0 Å². The van der Waals surface area contributed by atoms with Crippen molar-refractivity contribution in [1.82, 2.24) is 0 Å². The molecule has 0 aliphatic rings. The van der Waals surface area contributed by atoms with E-state index in [2.05, 4.69) is 0 Å². The van der Waals surface area contributed by atoms with E-state index in [1.807, 2.05) is 0 Å². The van der Waals surface area contributed by atoms with E-state index < -0.39 is 30.5 Å². The van der Waals surface area contributed by atoms with Crippen molar-refractivity contribution >= 4 is 10.4 Å². The molecule has 0 fully saturated rings. The Morgan fingerprint density at radius 3 is 1.00 bits per heavy atom. The SMILES string of the molecule is O=S(=O)(O)O.[Na+].[O-][I+3]([O-])([O-])[O-]. The Morgan fingerprint density at radius 1 is 1.00 bits per heavy atom. The van der Waals surface area contributed by atoms with E-state index >= 15 is 0 Å². The Hall–Kier alpha value is 1.44. The summed E-state index contributed by atoms with van der Waals surface area (Å²) in [6.07, 6.45) is 0. The van der Waals surface area contributed by atoms with Gasteiger partial charge in [0.2, 0.25) is 0 Å². The van der Waals surface area contributed by atoms with Crippen LogP contribution in [0.1, 0.15) is 0 Å². The molecule has 64 valence electrons. The van der Waals surface area contributed by atoms with Crippen molar-refractivity contribution in [1.29, 1.82) is 0 Å². The third-order valence-electron chi connectivity index (χ3n) is 0. The summed E-state index contributed by atoms with van der Waals surface area (Å²) in [5.74, 6) is 0. The van der Waals surface area contributed by atoms with Gasteiger partial charge in [0.25, 0.3) is 0 Å². The summed E-state index contributed by atoms with van der Waals surface area (Å²) < 4.78 is 66.1. The zero-order valence-corrected chi connectivity index (χ0v) is 10.1. The second kappa shape index (κ2) is 6.90. The Morgan fingerprint density at radius 2 is 1.00 bits per heavy atom. The second-order valence-electron chi connectivity index (χ2n) is 0.826. The predicted molar refractivity (Wildman–Crippen MR) is 14.2 cm³/mol. The maximum absolute atomic E-state index is 8.74. The first-order valence-corrected chi connectivity index (χ1v) is 6.24. The summed E-state index contributed by atoms with van der Waals surface area (Å²) in [6.45, 7) is 0. The van der Waals surface area contributed by atoms with E-state index in [-0.39, 0.29) is 29.6 Å². The Kier molecular flexibility index (Phi) is 11.5. The van der Waals surface area contributed by atoms with Crippen LogP contribution in [0.5, 0.6) is 0 Å². The molecule has 0 radical (unpaired) electrons. The van der Waals surface area contributed by atoms with Crippen LogP contribution in [0.2, 0.25) is 0 Å². The predicted octanol–water partition coefficient (Wildman–Crippen LogP) is -11.4. The molecule has 0 amide bonds. The summed E-state index contributed by atoms with van der Waals surface area (Å²) in [6, 6.07) is 0. The fraction of sp³-hybridized carbons (Fsp3) is 0. The van der Waals surface area contributed by atoms with Crippen molar-refractivity contribution in [2.24, 2.45) is 0 Å². The molecule has 11 heavy (non-hydrogen) atoms. The van der Waals surface area contributed by atoms with E-state index in [4.69, 9.17) is 31.3 Å². The zero-order chi connectivity index (χ0) is 9.00. The molecule has 11 heteroatoms. The number of halogens is 1. The quantitative estimate of drug-likeness (QED) is 0.252. The number of hydrogen-bond acceptors (Lipinski definition) is 6. The van der Waals surface area contributed by atoms with Gasteiger partial charge in [-0.1, -0.05) is 0 Å². The molecule has 0 unspecified atom stereocenters. The molecule has 0 saturated heterocycles. The number of rotatable bonds is 0. The van der Waals surface area contributed by atoms with Crippen LogP contribution < -0.4 is 63.4 Å². The van der Waals surface area contributed by atoms with Gasteiger partial charge in [-0.2, -0.15) is 8.42 Å². The number of hydrogen-bond donors (Lipinski definition) is 2. The van der Waals surface area contributed by atoms with Crippen molar-refractivity contribution < 1.29 is 80.9 Å². The van der Waals surface area contributed by atoms with Crippen molar-refractivity contribution in [3.05, 3.63) is 0 Å². The topological polar surface area (TPSA) is 167 Å². The molecular formula is H2INaO8S. The second-order valence-corrected chi connectivity index (χ2v) is 3.88. The van der Waals surface area contributed by atoms with Gasteiger partial charge in [0.15, 0.2) is 0 Å². The van der Waals surface area contributed by atoms with Crippen LogP contribution in [0.25, 0.3) is 0 Å². The molecule has 0 saturated carbocycles. The fourth-order valence-electron chi connectivity index (χ4n) is 0. The van der Waals surface area contributed by atoms with Crippen molar-refractivity contribution in [3.8, 4) is 0 Å². The summed E-state index contributed by atoms with van der Waals surface area (Å²) in [5.41, 5.74) is 0. The van der Waals surface area contributed by atoms with Crippen molar-refractivity contribution in [2.45, 2.75) is 0 Å². The molecule has 0 rings (SSSR count). The minimum absolute atomic E-state index is 0. The van der Waals surface area contributed by atoms with Crippen LogP contribution in [-0.4, -0.2) is 17.5 Å². The summed E-state index contributed by atoms with van der Waals surface area (Å²) >= 11 is -5.94. The van der Waals surface area contributed by atoms with Gasteiger partial charge in [-0.05, 0) is 0 Å². The summed E-state index contributed by atoms with van der Waals surface area (Å²) in [4.78, 5) is 0. The molecule has 0 aliphatic carbocycles. The molecule has 0 aromatic rings. The normalized spacial score (nSPS) is 10.7. The first-order valence-electron chi connectivity index (χ1n) is 1.32. The molecule has 0 atom stereocenters. The van der Waals surface area contributed by atoms with Gasteiger partial charge in [0, 0.05) is 0 Å². The maximum Gasteiger partial charge on any atom is 1.00 e. The Bertz CT molecular complexity index is 149. The van der Waals surface area contributed by atoms with Gasteiger partial charge in [-0.15, -0.1) is 0 Å². The first-order chi connectivity index (χ1) is 4.00. The van der Waals surface area contributed by atoms with Gasteiger partial charge in [-0.25, -0.2) is 0 Å². The van der Waals surface area contributed by atoms with Gasteiger partial charge in [0.05, 0.1) is 0 Å². The molecule has 0 aliphatic heterocycles. The molecule has 0 bridgehead atoms. The van der Waals surface area contributed by atoms with Crippen LogP contribution in [0, 0.1) is 0 Å². The maximum atomic E-state index is 8.74. The van der Waals surface area contributed by atoms with Crippen LogP contribution >= 0.6 is 0 Å². The van der Waals surface area contributed by atoms with Gasteiger partial charge in [0.1, 0.15) is 20.1 Å². The minimum atomic E-state index is -5.94. The third-order valence-corrected chi connectivity index (χ3v) is 0. The van der Waals surface area contributed by atoms with E-state index in [1.165, 1.54) is 0 Å². The Balaban J connectivity index is -0.000000107. The van der Waals surface area contributed by atoms with E-state index in [0.29, 0.717) is 0 Å². The first kappa shape index (κ1) is 18.3. The van der Waals surface area contributed by atoms with Gasteiger partial charge in [-0.3, -0.25) is 22.8 Å². The van der Waals surface area contributed by atoms with E-state index in [9.17, 15) is 0 Å². The largest absolute Gasteiger partial charge is 1.00 e. The Labute approximate surface area is 90.4 Å². The van der Waals surface area contributed by atoms with Crippen molar-refractivity contribution in [3.63, 3.8) is 0 Å². The molecular weight excluding hydrogens is 310 g/mol. The van der Waals surface area contributed by atoms with E-state index in [1.54, 1.807) is 0 Å². The van der Waals surface area contributed by atoms with Gasteiger partial charge < -0.3 is 0 Å². The van der Waals surface area contributed by atoms with Gasteiger partial charge >= 0.3 is 40.0 Å². The summed E-state index contributed by atoms with van der Waals surface area (Å²) in [7, 11) is -4.67. The summed E-state index contributed by atoms with van der Waals surface area (Å²) in [5, 5.41) is 0. The fourth-order valence-corrected chi connectivity index (χ4v) is 0. The molecule has 0 spiro atoms. The minimum Gasteiger partial charge on any atom is -0.286 e. The average Bonchev–Trinajstić information content (AvgIpc) is 1.12. The zero-order valence-electron chi connectivity index (χ0n) is 5.13. The van der Waals surface area contributed by atoms with Crippen LogP contribution in [-0.2, 0) is 10.4 Å². The van der Waals surface area contributed by atoms with Crippen molar-refractivity contribution in [2.75, 3.05) is 0 Å². The molecule has 0 aromatic heterocycles. The van der Waals surface area contributed by atoms with Crippen LogP contribution in [0.4, 0.5) is 0 Å². The average molecular weight is 312 g/mol. The molecule has 2 N–H and O–H groups in total. The molecule has 0 heterocycles. The standard InChI is InChI=1S/IO4.Na.H2O4S/c2-1(3,4)5;;1-5(2,3)4/h;;(H2,1,2,3,4)/q-1;+1;. The molecule has 8 nitrogen and oxygen atoms in total. The van der Waals surface area contributed by atoms with E-state index in [0.717, 1.165) is 0 Å².